The predicted octanol–water partition coefficient (Wildman–Crippen LogP) is 0.606. The zero-order chi connectivity index (χ0) is 12.8. The molecule has 17 heavy (non-hydrogen) atoms. The van der Waals surface area contributed by atoms with Gasteiger partial charge in [0.15, 0.2) is 0 Å². The highest BCUT2D eigenvalue weighted by Gasteiger charge is 2.09. The molecular formula is C11H16N4OS. The van der Waals surface area contributed by atoms with Crippen LogP contribution < -0.4 is 11.1 Å². The zero-order valence-corrected chi connectivity index (χ0v) is 10.8. The lowest BCUT2D eigenvalue weighted by atomic mass is 10.2. The fraction of sp³-hybridized carbons (Fsp3) is 0.364. The molecule has 6 heteroatoms. The van der Waals surface area contributed by atoms with E-state index >= 15 is 0 Å². The molecule has 1 rings (SSSR count). The first-order valence-corrected chi connectivity index (χ1v) is 5.69. The molecule has 3 N–H and O–H groups in total. The van der Waals surface area contributed by atoms with Crippen molar-refractivity contribution in [3.63, 3.8) is 0 Å². The number of aromatic nitrogens is 1. The summed E-state index contributed by atoms with van der Waals surface area (Å²) in [4.78, 5) is 17.6. The van der Waals surface area contributed by atoms with Crippen LogP contribution >= 0.6 is 12.2 Å². The molecule has 1 amide bonds. The lowest BCUT2D eigenvalue weighted by Crippen LogP contribution is -2.32. The van der Waals surface area contributed by atoms with E-state index in [1.165, 1.54) is 0 Å². The van der Waals surface area contributed by atoms with E-state index < -0.39 is 0 Å². The Bertz CT molecular complexity index is 422. The largest absolute Gasteiger partial charge is 0.389 e. The number of nitrogens with two attached hydrogens (primary N) is 1. The number of thiocarbonyl (C=S) groups is 1. The van der Waals surface area contributed by atoms with E-state index in [0.717, 1.165) is 0 Å². The third-order valence-corrected chi connectivity index (χ3v) is 2.60. The second-order valence-electron chi connectivity index (χ2n) is 3.53. The fourth-order valence-corrected chi connectivity index (χ4v) is 1.38. The zero-order valence-electron chi connectivity index (χ0n) is 9.93. The molecule has 92 valence electrons. The maximum atomic E-state index is 11.6. The van der Waals surface area contributed by atoms with Crippen LogP contribution in [0.3, 0.4) is 0 Å². The summed E-state index contributed by atoms with van der Waals surface area (Å²) < 4.78 is 0. The molecule has 0 aliphatic heterocycles. The van der Waals surface area contributed by atoms with Crippen molar-refractivity contribution in [2.75, 3.05) is 25.5 Å². The number of nitrogens with one attached hydrogen (secondary N) is 1. The van der Waals surface area contributed by atoms with E-state index in [1.807, 2.05) is 6.92 Å². The highest BCUT2D eigenvalue weighted by Crippen LogP contribution is 2.10. The summed E-state index contributed by atoms with van der Waals surface area (Å²) in [5.41, 5.74) is 6.21. The number of carbonyl (C=O) groups is 1. The van der Waals surface area contributed by atoms with Crippen LogP contribution in [-0.4, -0.2) is 40.9 Å². The van der Waals surface area contributed by atoms with E-state index in [1.54, 1.807) is 30.3 Å². The summed E-state index contributed by atoms with van der Waals surface area (Å²) >= 11 is 4.91. The van der Waals surface area contributed by atoms with Crippen LogP contribution in [-0.2, 0) is 4.79 Å². The predicted molar refractivity (Wildman–Crippen MR) is 71.9 cm³/mol. The SMILES string of the molecule is CCN(C)C(=O)CNc1ncccc1C(N)=S. The van der Waals surface area contributed by atoms with Gasteiger partial charge in [0, 0.05) is 19.8 Å². The second kappa shape index (κ2) is 6.15. The van der Waals surface area contributed by atoms with Crippen molar-refractivity contribution in [1.82, 2.24) is 9.88 Å². The Morgan fingerprint density at radius 1 is 1.65 bits per heavy atom. The molecule has 0 spiro atoms. The molecule has 0 radical (unpaired) electrons. The molecular weight excluding hydrogens is 236 g/mol. The van der Waals surface area contributed by atoms with Crippen LogP contribution in [0.4, 0.5) is 5.82 Å². The van der Waals surface area contributed by atoms with Crippen LogP contribution in [0.1, 0.15) is 12.5 Å². The van der Waals surface area contributed by atoms with Crippen molar-refractivity contribution in [1.29, 1.82) is 0 Å². The molecule has 0 atom stereocenters. The van der Waals surface area contributed by atoms with Gasteiger partial charge in [0.2, 0.25) is 5.91 Å². The van der Waals surface area contributed by atoms with Crippen LogP contribution in [0.5, 0.6) is 0 Å². The minimum Gasteiger partial charge on any atom is -0.389 e. The van der Waals surface area contributed by atoms with Crippen molar-refractivity contribution in [2.45, 2.75) is 6.92 Å². The molecule has 0 bridgehead atoms. The second-order valence-corrected chi connectivity index (χ2v) is 3.97. The number of hydrogen-bond acceptors (Lipinski definition) is 4. The molecule has 1 aromatic heterocycles. The summed E-state index contributed by atoms with van der Waals surface area (Å²) in [6.45, 7) is 2.76. The number of amides is 1. The van der Waals surface area contributed by atoms with Crippen molar-refractivity contribution >= 4 is 28.9 Å². The number of carbonyl (C=O) groups excluding carboxylic acids is 1. The molecule has 0 aromatic carbocycles. The summed E-state index contributed by atoms with van der Waals surface area (Å²) in [5, 5.41) is 2.94. The van der Waals surface area contributed by atoms with E-state index in [2.05, 4.69) is 10.3 Å². The van der Waals surface area contributed by atoms with Crippen LogP contribution in [0, 0.1) is 0 Å². The van der Waals surface area contributed by atoms with E-state index in [4.69, 9.17) is 18.0 Å². The summed E-state index contributed by atoms with van der Waals surface area (Å²) in [5.74, 6) is 0.532. The standard InChI is InChI=1S/C11H16N4OS/c1-3-15(2)9(16)7-14-11-8(10(12)17)5-4-6-13-11/h4-6H,3,7H2,1-2H3,(H2,12,17)(H,13,14). The summed E-state index contributed by atoms with van der Waals surface area (Å²) in [7, 11) is 1.75. The van der Waals surface area contributed by atoms with Crippen LogP contribution in [0.15, 0.2) is 18.3 Å². The maximum absolute atomic E-state index is 11.6. The lowest BCUT2D eigenvalue weighted by molar-refractivity contribution is -0.127. The van der Waals surface area contributed by atoms with Gasteiger partial charge in [0.05, 0.1) is 12.1 Å². The van der Waals surface area contributed by atoms with Gasteiger partial charge in [0.1, 0.15) is 10.8 Å². The first-order valence-electron chi connectivity index (χ1n) is 5.29. The third-order valence-electron chi connectivity index (χ3n) is 2.38. The fourth-order valence-electron chi connectivity index (χ4n) is 1.22. The molecule has 5 nitrogen and oxygen atoms in total. The van der Waals surface area contributed by atoms with Gasteiger partial charge in [0.25, 0.3) is 0 Å². The monoisotopic (exact) mass is 252 g/mol. The van der Waals surface area contributed by atoms with Gasteiger partial charge in [-0.1, -0.05) is 12.2 Å². The van der Waals surface area contributed by atoms with Crippen molar-refractivity contribution in [3.05, 3.63) is 23.9 Å². The lowest BCUT2D eigenvalue weighted by Gasteiger charge is -2.15. The Balaban J connectivity index is 2.69. The molecule has 0 saturated carbocycles. The molecule has 1 aromatic rings. The Morgan fingerprint density at radius 3 is 2.94 bits per heavy atom. The van der Waals surface area contributed by atoms with Crippen molar-refractivity contribution in [2.24, 2.45) is 5.73 Å². The third kappa shape index (κ3) is 3.67. The van der Waals surface area contributed by atoms with Gasteiger partial charge in [-0.15, -0.1) is 0 Å². The van der Waals surface area contributed by atoms with Gasteiger partial charge in [-0.05, 0) is 19.1 Å². The molecule has 0 aliphatic carbocycles. The summed E-state index contributed by atoms with van der Waals surface area (Å²) in [6, 6.07) is 3.52. The smallest absolute Gasteiger partial charge is 0.241 e. The summed E-state index contributed by atoms with van der Waals surface area (Å²) in [6.07, 6.45) is 1.62. The average molecular weight is 252 g/mol. The molecule has 1 heterocycles. The van der Waals surface area contributed by atoms with Gasteiger partial charge in [-0.25, -0.2) is 4.98 Å². The molecule has 0 aliphatic rings. The average Bonchev–Trinajstić information content (AvgIpc) is 2.35. The highest BCUT2D eigenvalue weighted by atomic mass is 32.1. The van der Waals surface area contributed by atoms with Crippen LogP contribution in [0.25, 0.3) is 0 Å². The van der Waals surface area contributed by atoms with Gasteiger partial charge in [-0.3, -0.25) is 4.79 Å². The Hall–Kier alpha value is -1.69. The van der Waals surface area contributed by atoms with Gasteiger partial charge in [-0.2, -0.15) is 0 Å². The van der Waals surface area contributed by atoms with Gasteiger partial charge < -0.3 is 16.0 Å². The molecule has 0 saturated heterocycles. The number of hydrogen-bond donors (Lipinski definition) is 2. The Morgan fingerprint density at radius 2 is 2.35 bits per heavy atom. The normalized spacial score (nSPS) is 9.76. The molecule has 0 unspecified atom stereocenters. The van der Waals surface area contributed by atoms with E-state index in [9.17, 15) is 4.79 Å². The number of nitrogens with zero attached hydrogens (tertiary/aromatic N) is 2. The Kier molecular flexibility index (Phi) is 4.84. The van der Waals surface area contributed by atoms with Crippen molar-refractivity contribution < 1.29 is 4.79 Å². The van der Waals surface area contributed by atoms with Crippen molar-refractivity contribution in [3.8, 4) is 0 Å². The van der Waals surface area contributed by atoms with E-state index in [-0.39, 0.29) is 17.4 Å². The van der Waals surface area contributed by atoms with E-state index in [0.29, 0.717) is 17.9 Å². The minimum atomic E-state index is -0.00737. The first kappa shape index (κ1) is 13.4. The quantitative estimate of drug-likeness (QED) is 0.751. The first-order chi connectivity index (χ1) is 8.06. The number of likely N-dealkylation sites (N-methyl/N-ethyl adjacent to an activating group) is 1. The number of rotatable bonds is 5. The minimum absolute atomic E-state index is 0.00737. The number of anilines is 1. The Labute approximate surface area is 106 Å². The van der Waals surface area contributed by atoms with Crippen LogP contribution in [0.2, 0.25) is 0 Å². The molecule has 0 fully saturated rings. The van der Waals surface area contributed by atoms with Gasteiger partial charge >= 0.3 is 0 Å². The maximum Gasteiger partial charge on any atom is 0.241 e. The number of pyridine rings is 1. The highest BCUT2D eigenvalue weighted by molar-refractivity contribution is 7.80. The topological polar surface area (TPSA) is 71.2 Å².